The first kappa shape index (κ1) is 22.6. The summed E-state index contributed by atoms with van der Waals surface area (Å²) in [5.74, 6) is 2.38. The fourth-order valence-corrected chi connectivity index (χ4v) is 5.34. The Morgan fingerprint density at radius 3 is 1.69 bits per heavy atom. The Kier molecular flexibility index (Phi) is 7.00. The highest BCUT2D eigenvalue weighted by atomic mass is 16.2. The van der Waals surface area contributed by atoms with E-state index in [1.54, 1.807) is 0 Å². The van der Waals surface area contributed by atoms with E-state index in [4.69, 9.17) is 4.98 Å². The maximum atomic E-state index is 9.94. The summed E-state index contributed by atoms with van der Waals surface area (Å²) in [6.45, 7) is 8.60. The summed E-state index contributed by atoms with van der Waals surface area (Å²) in [4.78, 5) is 5.12. The number of allylic oxidation sites excluding steroid dienone is 1. The van der Waals surface area contributed by atoms with Crippen molar-refractivity contribution in [1.29, 1.82) is 0 Å². The molecule has 1 saturated carbocycles. The van der Waals surface area contributed by atoms with Crippen LogP contribution in [0.25, 0.3) is 17.2 Å². The zero-order chi connectivity index (χ0) is 22.7. The molecule has 0 amide bonds. The third-order valence-corrected chi connectivity index (χ3v) is 6.99. The van der Waals surface area contributed by atoms with Gasteiger partial charge in [0.05, 0.1) is 6.61 Å². The molecule has 0 aliphatic heterocycles. The molecule has 4 rings (SSSR count). The second kappa shape index (κ2) is 9.91. The summed E-state index contributed by atoms with van der Waals surface area (Å²) in [6.07, 6.45) is 11.0. The lowest BCUT2D eigenvalue weighted by atomic mass is 9.82. The first-order valence-electron chi connectivity index (χ1n) is 12.1. The predicted molar refractivity (Wildman–Crippen MR) is 133 cm³/mol. The van der Waals surface area contributed by atoms with Gasteiger partial charge < -0.3 is 14.2 Å². The molecule has 0 aromatic carbocycles. The van der Waals surface area contributed by atoms with Crippen molar-refractivity contribution < 1.29 is 5.11 Å². The van der Waals surface area contributed by atoms with Crippen molar-refractivity contribution in [3.8, 4) is 11.6 Å². The lowest BCUT2D eigenvalue weighted by molar-refractivity contribution is 0.341. The van der Waals surface area contributed by atoms with Crippen LogP contribution in [-0.2, 0) is 0 Å². The number of aryl methyl sites for hydroxylation is 4. The average molecular weight is 432 g/mol. The van der Waals surface area contributed by atoms with Gasteiger partial charge in [0.25, 0.3) is 0 Å². The van der Waals surface area contributed by atoms with Gasteiger partial charge in [-0.05, 0) is 94.0 Å². The van der Waals surface area contributed by atoms with E-state index in [0.717, 1.165) is 11.6 Å². The highest BCUT2D eigenvalue weighted by Gasteiger charge is 2.20. The molecule has 0 radical (unpaired) electrons. The van der Waals surface area contributed by atoms with Crippen LogP contribution in [0.15, 0.2) is 42.5 Å². The average Bonchev–Trinajstić information content (AvgIpc) is 3.26. The smallest absolute Gasteiger partial charge is 0.140 e. The van der Waals surface area contributed by atoms with E-state index < -0.39 is 0 Å². The number of hydrogen-bond donors (Lipinski definition) is 1. The number of rotatable bonds is 5. The second-order valence-electron chi connectivity index (χ2n) is 9.36. The first-order chi connectivity index (χ1) is 15.5. The van der Waals surface area contributed by atoms with Crippen LogP contribution in [-0.4, -0.2) is 25.8 Å². The largest absolute Gasteiger partial charge is 0.392 e. The van der Waals surface area contributed by atoms with Crippen LogP contribution in [0.3, 0.4) is 0 Å². The Hall–Kier alpha value is -2.59. The van der Waals surface area contributed by atoms with Crippen LogP contribution in [0.4, 0.5) is 0 Å². The Morgan fingerprint density at radius 2 is 1.25 bits per heavy atom. The molecule has 3 aromatic rings. The van der Waals surface area contributed by atoms with Crippen molar-refractivity contribution in [2.75, 3.05) is 6.61 Å². The SMILES string of the molecule is Cc1ccc(C)n1-c1cc(/C(=C\CO)C2CCCCCCC2)cc(-n2c(C)ccc2C)n1. The van der Waals surface area contributed by atoms with Crippen LogP contribution in [0.5, 0.6) is 0 Å². The summed E-state index contributed by atoms with van der Waals surface area (Å²) in [7, 11) is 0. The van der Waals surface area contributed by atoms with Gasteiger partial charge in [0.1, 0.15) is 11.6 Å². The van der Waals surface area contributed by atoms with Gasteiger partial charge in [-0.15, -0.1) is 0 Å². The van der Waals surface area contributed by atoms with Gasteiger partial charge in [-0.25, -0.2) is 4.98 Å². The van der Waals surface area contributed by atoms with Gasteiger partial charge >= 0.3 is 0 Å². The highest BCUT2D eigenvalue weighted by molar-refractivity contribution is 5.70. The van der Waals surface area contributed by atoms with E-state index in [2.05, 4.69) is 73.2 Å². The highest BCUT2D eigenvalue weighted by Crippen LogP contribution is 2.35. The van der Waals surface area contributed by atoms with Crippen LogP contribution in [0.2, 0.25) is 0 Å². The van der Waals surface area contributed by atoms with E-state index in [-0.39, 0.29) is 6.61 Å². The summed E-state index contributed by atoms with van der Waals surface area (Å²) >= 11 is 0. The summed E-state index contributed by atoms with van der Waals surface area (Å²) < 4.78 is 4.46. The molecule has 32 heavy (non-hydrogen) atoms. The van der Waals surface area contributed by atoms with Gasteiger partial charge in [0.15, 0.2) is 0 Å². The zero-order valence-corrected chi connectivity index (χ0v) is 20.1. The predicted octanol–water partition coefficient (Wildman–Crippen LogP) is 6.63. The van der Waals surface area contributed by atoms with Crippen molar-refractivity contribution >= 4 is 5.57 Å². The van der Waals surface area contributed by atoms with Gasteiger partial charge in [0.2, 0.25) is 0 Å². The zero-order valence-electron chi connectivity index (χ0n) is 20.1. The fraction of sp³-hybridized carbons (Fsp3) is 0.464. The molecule has 1 aliphatic carbocycles. The number of nitrogens with zero attached hydrogens (tertiary/aromatic N) is 3. The summed E-state index contributed by atoms with van der Waals surface area (Å²) in [5, 5.41) is 9.94. The van der Waals surface area contributed by atoms with Gasteiger partial charge in [-0.3, -0.25) is 0 Å². The standard InChI is InChI=1S/C28H37N3O/c1-20-12-13-21(2)30(20)27-18-25(19-28(29-27)31-22(3)14-15-23(31)4)26(16-17-32)24-10-8-6-5-7-9-11-24/h12-16,18-19,24,32H,5-11,17H2,1-4H3/b26-16-. The fourth-order valence-electron chi connectivity index (χ4n) is 5.34. The van der Waals surface area contributed by atoms with Crippen molar-refractivity contribution in [2.24, 2.45) is 5.92 Å². The molecule has 1 aliphatic rings. The minimum Gasteiger partial charge on any atom is -0.392 e. The molecule has 0 atom stereocenters. The molecular weight excluding hydrogens is 394 g/mol. The molecule has 0 bridgehead atoms. The molecule has 1 fully saturated rings. The molecule has 170 valence electrons. The number of hydrogen-bond acceptors (Lipinski definition) is 2. The molecule has 0 unspecified atom stereocenters. The van der Waals surface area contributed by atoms with Crippen molar-refractivity contribution in [2.45, 2.75) is 72.6 Å². The molecule has 0 saturated heterocycles. The number of aliphatic hydroxyl groups excluding tert-OH is 1. The number of aliphatic hydroxyl groups is 1. The maximum absolute atomic E-state index is 9.94. The van der Waals surface area contributed by atoms with Crippen molar-refractivity contribution in [1.82, 2.24) is 14.1 Å². The van der Waals surface area contributed by atoms with Crippen LogP contribution in [0.1, 0.15) is 73.3 Å². The minimum atomic E-state index is 0.0714. The topological polar surface area (TPSA) is 43.0 Å². The monoisotopic (exact) mass is 431 g/mol. The van der Waals surface area contributed by atoms with E-state index in [1.807, 2.05) is 6.08 Å². The van der Waals surface area contributed by atoms with Gasteiger partial charge in [0, 0.05) is 22.8 Å². The Labute approximate surface area is 192 Å². The molecule has 4 heteroatoms. The Bertz CT molecular complexity index is 991. The third-order valence-electron chi connectivity index (χ3n) is 6.99. The molecular formula is C28H37N3O. The second-order valence-corrected chi connectivity index (χ2v) is 9.36. The van der Waals surface area contributed by atoms with Gasteiger partial charge in [-0.1, -0.05) is 38.2 Å². The Balaban J connectivity index is 1.89. The lowest BCUT2D eigenvalue weighted by Crippen LogP contribution is -2.12. The van der Waals surface area contributed by atoms with Crippen LogP contribution < -0.4 is 0 Å². The normalized spacial score (nSPS) is 16.2. The quantitative estimate of drug-likeness (QED) is 0.492. The summed E-state index contributed by atoms with van der Waals surface area (Å²) in [5.41, 5.74) is 7.18. The molecule has 3 aromatic heterocycles. The molecule has 0 spiro atoms. The van der Waals surface area contributed by atoms with E-state index >= 15 is 0 Å². The van der Waals surface area contributed by atoms with Crippen molar-refractivity contribution in [3.63, 3.8) is 0 Å². The first-order valence-corrected chi connectivity index (χ1v) is 12.1. The molecule has 4 nitrogen and oxygen atoms in total. The van der Waals surface area contributed by atoms with Crippen LogP contribution in [0, 0.1) is 33.6 Å². The lowest BCUT2D eigenvalue weighted by Gasteiger charge is -2.24. The minimum absolute atomic E-state index is 0.0714. The number of pyridine rings is 1. The maximum Gasteiger partial charge on any atom is 0.140 e. The van der Waals surface area contributed by atoms with Crippen molar-refractivity contribution in [3.05, 3.63) is 70.8 Å². The summed E-state index contributed by atoms with van der Waals surface area (Å²) in [6, 6.07) is 13.0. The molecule has 3 heterocycles. The Morgan fingerprint density at radius 1 is 0.812 bits per heavy atom. The van der Waals surface area contributed by atoms with E-state index in [0.29, 0.717) is 5.92 Å². The number of aromatic nitrogens is 3. The molecule has 1 N–H and O–H groups in total. The third kappa shape index (κ3) is 4.61. The van der Waals surface area contributed by atoms with E-state index in [1.165, 1.54) is 78.9 Å². The van der Waals surface area contributed by atoms with Crippen LogP contribution >= 0.6 is 0 Å². The van der Waals surface area contributed by atoms with Gasteiger partial charge in [-0.2, -0.15) is 0 Å². The van der Waals surface area contributed by atoms with E-state index in [9.17, 15) is 5.11 Å².